The van der Waals surface area contributed by atoms with Crippen molar-refractivity contribution >= 4 is 21.6 Å². The van der Waals surface area contributed by atoms with Gasteiger partial charge in [-0.25, -0.2) is 8.42 Å². The SMILES string of the molecule is COc1ccc(C)cc1S(=O)(=O)N[C@H](C)C(=O)Nc1c(C)cc(C)cc1C. The van der Waals surface area contributed by atoms with E-state index in [4.69, 9.17) is 4.74 Å². The topological polar surface area (TPSA) is 84.5 Å². The van der Waals surface area contributed by atoms with Crippen LogP contribution in [-0.2, 0) is 14.8 Å². The van der Waals surface area contributed by atoms with E-state index in [1.807, 2.05) is 32.9 Å². The summed E-state index contributed by atoms with van der Waals surface area (Å²) >= 11 is 0. The fraction of sp³-hybridized carbons (Fsp3) is 0.350. The van der Waals surface area contributed by atoms with Crippen molar-refractivity contribution in [2.45, 2.75) is 45.6 Å². The fourth-order valence-corrected chi connectivity index (χ4v) is 4.41. The molecule has 2 aromatic carbocycles. The number of ether oxygens (including phenoxy) is 1. The highest BCUT2D eigenvalue weighted by Crippen LogP contribution is 2.25. The number of rotatable bonds is 6. The average molecular weight is 391 g/mol. The highest BCUT2D eigenvalue weighted by Gasteiger charge is 2.25. The molecule has 0 aromatic heterocycles. The molecule has 27 heavy (non-hydrogen) atoms. The number of hydrogen-bond acceptors (Lipinski definition) is 4. The lowest BCUT2D eigenvalue weighted by Crippen LogP contribution is -2.41. The molecule has 0 aliphatic carbocycles. The second kappa shape index (κ2) is 8.10. The van der Waals surface area contributed by atoms with Crippen molar-refractivity contribution in [3.8, 4) is 5.75 Å². The van der Waals surface area contributed by atoms with Crippen LogP contribution in [0.4, 0.5) is 5.69 Å². The first-order valence-electron chi connectivity index (χ1n) is 8.61. The van der Waals surface area contributed by atoms with Gasteiger partial charge in [-0.15, -0.1) is 0 Å². The van der Waals surface area contributed by atoms with Gasteiger partial charge in [-0.05, 0) is 63.4 Å². The van der Waals surface area contributed by atoms with E-state index in [0.717, 1.165) is 22.3 Å². The molecule has 0 saturated heterocycles. The Hall–Kier alpha value is -2.38. The molecule has 6 nitrogen and oxygen atoms in total. The third-order valence-corrected chi connectivity index (χ3v) is 5.82. The van der Waals surface area contributed by atoms with Gasteiger partial charge >= 0.3 is 0 Å². The Morgan fingerprint density at radius 3 is 2.15 bits per heavy atom. The first-order chi connectivity index (χ1) is 12.5. The molecule has 2 N–H and O–H groups in total. The molecule has 146 valence electrons. The number of anilines is 1. The maximum Gasteiger partial charge on any atom is 0.244 e. The molecule has 0 heterocycles. The lowest BCUT2D eigenvalue weighted by atomic mass is 10.0. The molecule has 2 aromatic rings. The second-order valence-electron chi connectivity index (χ2n) is 6.76. The third-order valence-electron chi connectivity index (χ3n) is 4.26. The monoisotopic (exact) mass is 390 g/mol. The van der Waals surface area contributed by atoms with Gasteiger partial charge in [0.05, 0.1) is 13.2 Å². The maximum atomic E-state index is 12.7. The number of carbonyl (C=O) groups excluding carboxylic acids is 1. The van der Waals surface area contributed by atoms with Crippen molar-refractivity contribution in [3.05, 3.63) is 52.6 Å². The van der Waals surface area contributed by atoms with Crippen LogP contribution in [0.25, 0.3) is 0 Å². The van der Waals surface area contributed by atoms with Gasteiger partial charge in [0, 0.05) is 5.69 Å². The number of benzene rings is 2. The van der Waals surface area contributed by atoms with Gasteiger partial charge in [0.15, 0.2) is 0 Å². The van der Waals surface area contributed by atoms with Gasteiger partial charge in [0.2, 0.25) is 15.9 Å². The Morgan fingerprint density at radius 2 is 1.59 bits per heavy atom. The Kier molecular flexibility index (Phi) is 6.28. The van der Waals surface area contributed by atoms with E-state index in [1.165, 1.54) is 20.1 Å². The number of hydrogen-bond donors (Lipinski definition) is 2. The summed E-state index contributed by atoms with van der Waals surface area (Å²) in [6, 6.07) is 7.84. The van der Waals surface area contributed by atoms with E-state index in [0.29, 0.717) is 5.69 Å². The number of carbonyl (C=O) groups is 1. The molecule has 1 atom stereocenters. The molecule has 0 fully saturated rings. The van der Waals surface area contributed by atoms with E-state index in [9.17, 15) is 13.2 Å². The highest BCUT2D eigenvalue weighted by atomic mass is 32.2. The van der Waals surface area contributed by atoms with Gasteiger partial charge in [0.25, 0.3) is 0 Å². The summed E-state index contributed by atoms with van der Waals surface area (Å²) in [5.41, 5.74) is 4.43. The minimum atomic E-state index is -3.92. The van der Waals surface area contributed by atoms with Crippen LogP contribution in [0.1, 0.15) is 29.2 Å². The van der Waals surface area contributed by atoms with Gasteiger partial charge < -0.3 is 10.1 Å². The minimum absolute atomic E-state index is 0.00680. The number of sulfonamides is 1. The van der Waals surface area contributed by atoms with E-state index >= 15 is 0 Å². The fourth-order valence-electron chi connectivity index (χ4n) is 2.95. The quantitative estimate of drug-likeness (QED) is 0.793. The van der Waals surface area contributed by atoms with Crippen molar-refractivity contribution < 1.29 is 17.9 Å². The van der Waals surface area contributed by atoms with Crippen LogP contribution in [0.3, 0.4) is 0 Å². The summed E-state index contributed by atoms with van der Waals surface area (Å²) in [5.74, 6) is -0.203. The lowest BCUT2D eigenvalue weighted by Gasteiger charge is -2.18. The zero-order valence-corrected chi connectivity index (χ0v) is 17.3. The zero-order valence-electron chi connectivity index (χ0n) is 16.5. The third kappa shape index (κ3) is 4.87. The first kappa shape index (κ1) is 20.9. The second-order valence-corrected chi connectivity index (χ2v) is 8.44. The number of amides is 1. The van der Waals surface area contributed by atoms with Crippen LogP contribution in [-0.4, -0.2) is 27.5 Å². The van der Waals surface area contributed by atoms with Crippen LogP contribution in [0.15, 0.2) is 35.2 Å². The molecular formula is C20H26N2O4S. The molecule has 0 saturated carbocycles. The Labute approximate surface area is 161 Å². The largest absolute Gasteiger partial charge is 0.495 e. The smallest absolute Gasteiger partial charge is 0.244 e. The maximum absolute atomic E-state index is 12.7. The average Bonchev–Trinajstić information content (AvgIpc) is 2.57. The standard InChI is InChI=1S/C20H26N2O4S/c1-12-7-8-17(26-6)18(11-12)27(24,25)22-16(5)20(23)21-19-14(3)9-13(2)10-15(19)4/h7-11,16,22H,1-6H3,(H,21,23)/t16-/m1/s1. The molecule has 1 amide bonds. The summed E-state index contributed by atoms with van der Waals surface area (Å²) in [6.07, 6.45) is 0. The molecular weight excluding hydrogens is 364 g/mol. The lowest BCUT2D eigenvalue weighted by molar-refractivity contribution is -0.117. The van der Waals surface area contributed by atoms with Gasteiger partial charge in [-0.3, -0.25) is 4.79 Å². The molecule has 0 radical (unpaired) electrons. The van der Waals surface area contributed by atoms with Crippen molar-refractivity contribution in [2.24, 2.45) is 0 Å². The summed E-state index contributed by atoms with van der Waals surface area (Å²) in [6.45, 7) is 9.09. The van der Waals surface area contributed by atoms with Crippen LogP contribution in [0, 0.1) is 27.7 Å². The summed E-state index contributed by atoms with van der Waals surface area (Å²) in [7, 11) is -2.52. The van der Waals surface area contributed by atoms with Crippen molar-refractivity contribution in [1.82, 2.24) is 4.72 Å². The van der Waals surface area contributed by atoms with E-state index < -0.39 is 22.0 Å². The number of nitrogens with one attached hydrogen (secondary N) is 2. The van der Waals surface area contributed by atoms with E-state index in [1.54, 1.807) is 19.1 Å². The van der Waals surface area contributed by atoms with E-state index in [-0.39, 0.29) is 10.6 Å². The van der Waals surface area contributed by atoms with Crippen LogP contribution in [0.2, 0.25) is 0 Å². The number of aryl methyl sites for hydroxylation is 4. The molecule has 2 rings (SSSR count). The van der Waals surface area contributed by atoms with Crippen molar-refractivity contribution in [1.29, 1.82) is 0 Å². The van der Waals surface area contributed by atoms with Crippen molar-refractivity contribution in [3.63, 3.8) is 0 Å². The Bertz CT molecular complexity index is 945. The van der Waals surface area contributed by atoms with Crippen LogP contribution < -0.4 is 14.8 Å². The van der Waals surface area contributed by atoms with Gasteiger partial charge in [-0.1, -0.05) is 23.8 Å². The normalized spacial score (nSPS) is 12.5. The molecule has 0 spiro atoms. The summed E-state index contributed by atoms with van der Waals surface area (Å²) in [4.78, 5) is 12.6. The number of methoxy groups -OCH3 is 1. The van der Waals surface area contributed by atoms with Crippen molar-refractivity contribution in [2.75, 3.05) is 12.4 Å². The predicted molar refractivity (Wildman–Crippen MR) is 107 cm³/mol. The zero-order chi connectivity index (χ0) is 20.4. The summed E-state index contributed by atoms with van der Waals surface area (Å²) < 4.78 is 33.0. The summed E-state index contributed by atoms with van der Waals surface area (Å²) in [5, 5.41) is 2.82. The predicted octanol–water partition coefficient (Wildman–Crippen LogP) is 3.23. The molecule has 0 bridgehead atoms. The van der Waals surface area contributed by atoms with Gasteiger partial charge in [-0.2, -0.15) is 4.72 Å². The van der Waals surface area contributed by atoms with E-state index in [2.05, 4.69) is 10.0 Å². The Morgan fingerprint density at radius 1 is 1.00 bits per heavy atom. The Balaban J connectivity index is 2.22. The molecule has 0 unspecified atom stereocenters. The first-order valence-corrected chi connectivity index (χ1v) is 10.1. The highest BCUT2D eigenvalue weighted by molar-refractivity contribution is 7.89. The van der Waals surface area contributed by atoms with Crippen LogP contribution >= 0.6 is 0 Å². The van der Waals surface area contributed by atoms with Gasteiger partial charge in [0.1, 0.15) is 10.6 Å². The molecule has 0 aliphatic rings. The van der Waals surface area contributed by atoms with Crippen LogP contribution in [0.5, 0.6) is 5.75 Å². The minimum Gasteiger partial charge on any atom is -0.495 e. The molecule has 7 heteroatoms. The molecule has 0 aliphatic heterocycles.